The molecule has 0 fully saturated rings. The van der Waals surface area contributed by atoms with Crippen LogP contribution in [0.4, 0.5) is 23.0 Å². The van der Waals surface area contributed by atoms with Gasteiger partial charge in [0.1, 0.15) is 17.2 Å². The van der Waals surface area contributed by atoms with Gasteiger partial charge >= 0.3 is 5.97 Å². The van der Waals surface area contributed by atoms with Gasteiger partial charge in [0.25, 0.3) is 5.91 Å². The third-order valence-corrected chi connectivity index (χ3v) is 5.33. The van der Waals surface area contributed by atoms with Crippen molar-refractivity contribution in [2.45, 2.75) is 20.8 Å². The Morgan fingerprint density at radius 2 is 1.58 bits per heavy atom. The molecule has 2 aromatic carbocycles. The topological polar surface area (TPSA) is 148 Å². The number of nitrogen functional groups attached to an aromatic ring is 1. The van der Waals surface area contributed by atoms with E-state index in [0.29, 0.717) is 11.3 Å². The molecule has 2 amide bonds. The van der Waals surface area contributed by atoms with Crippen molar-refractivity contribution in [2.75, 3.05) is 17.6 Å². The highest BCUT2D eigenvalue weighted by Gasteiger charge is 2.20. The number of pyridine rings is 1. The molecule has 10 nitrogen and oxygen atoms in total. The van der Waals surface area contributed by atoms with Crippen LogP contribution in [-0.4, -0.2) is 29.3 Å². The van der Waals surface area contributed by atoms with E-state index in [1.165, 1.54) is 6.07 Å². The number of rotatable bonds is 9. The van der Waals surface area contributed by atoms with E-state index in [9.17, 15) is 14.4 Å². The van der Waals surface area contributed by atoms with Gasteiger partial charge in [-0.25, -0.2) is 4.98 Å². The number of carbonyl (C=O) groups is 3. The number of para-hydroxylation sites is 1. The first-order valence-corrected chi connectivity index (χ1v) is 11.4. The molecular formula is C26H28N6O4. The molecule has 1 heterocycles. The zero-order valence-electron chi connectivity index (χ0n) is 20.3. The van der Waals surface area contributed by atoms with E-state index in [1.807, 2.05) is 13.8 Å². The predicted octanol–water partition coefficient (Wildman–Crippen LogP) is 4.65. The molecule has 186 valence electrons. The predicted molar refractivity (Wildman–Crippen MR) is 136 cm³/mol. The van der Waals surface area contributed by atoms with Gasteiger partial charge in [-0.15, -0.1) is 10.2 Å². The second-order valence-electron chi connectivity index (χ2n) is 8.32. The summed E-state index contributed by atoms with van der Waals surface area (Å²) in [5.41, 5.74) is 7.05. The molecule has 3 aromatic rings. The van der Waals surface area contributed by atoms with Crippen LogP contribution in [0.3, 0.4) is 0 Å². The molecule has 0 saturated heterocycles. The molecule has 0 bridgehead atoms. The van der Waals surface area contributed by atoms with E-state index in [-0.39, 0.29) is 53.3 Å². The van der Waals surface area contributed by atoms with E-state index in [0.717, 1.165) is 0 Å². The highest BCUT2D eigenvalue weighted by Crippen LogP contribution is 2.31. The van der Waals surface area contributed by atoms with Crippen LogP contribution in [0.1, 0.15) is 31.1 Å². The van der Waals surface area contributed by atoms with Crippen LogP contribution in [0.5, 0.6) is 5.75 Å². The summed E-state index contributed by atoms with van der Waals surface area (Å²) < 4.78 is 5.50. The van der Waals surface area contributed by atoms with Crippen molar-refractivity contribution in [2.24, 2.45) is 22.1 Å². The molecule has 1 aromatic heterocycles. The number of carbonyl (C=O) groups excluding carboxylic acids is 3. The van der Waals surface area contributed by atoms with Gasteiger partial charge in [0, 0.05) is 5.56 Å². The summed E-state index contributed by atoms with van der Waals surface area (Å²) in [6.07, 6.45) is 0. The summed E-state index contributed by atoms with van der Waals surface area (Å²) in [6.45, 7) is 5.46. The Morgan fingerprint density at radius 3 is 2.28 bits per heavy atom. The van der Waals surface area contributed by atoms with Crippen molar-refractivity contribution >= 4 is 40.8 Å². The molecule has 0 spiro atoms. The Hall–Kier alpha value is -4.60. The standard InChI is InChI=1S/C26H28N6O4/c1-16(2)17(3)26(35)36-21-12-8-7-11-19(21)31-32-20-13-14-22(30-24(20)27)29-23(33)15-28-25(34)18-9-5-4-6-10-18/h4-14,16-17H,15H2,1-3H3,(H,28,34)(H3,27,29,30,33)/t17-/m0/s1. The maximum absolute atomic E-state index is 12.3. The van der Waals surface area contributed by atoms with Crippen LogP contribution in [0.2, 0.25) is 0 Å². The van der Waals surface area contributed by atoms with Gasteiger partial charge in [0.2, 0.25) is 5.91 Å². The third-order valence-electron chi connectivity index (χ3n) is 5.33. The minimum Gasteiger partial charge on any atom is -0.424 e. The zero-order valence-corrected chi connectivity index (χ0v) is 20.3. The van der Waals surface area contributed by atoms with Crippen LogP contribution in [0, 0.1) is 11.8 Å². The number of nitrogens with zero attached hydrogens (tertiary/aromatic N) is 3. The fraction of sp³-hybridized carbons (Fsp3) is 0.231. The maximum atomic E-state index is 12.3. The van der Waals surface area contributed by atoms with Crippen molar-refractivity contribution < 1.29 is 19.1 Å². The number of nitrogens with one attached hydrogen (secondary N) is 2. The molecule has 0 unspecified atom stereocenters. The summed E-state index contributed by atoms with van der Waals surface area (Å²) in [4.78, 5) is 40.7. The Bertz CT molecular complexity index is 1260. The molecule has 0 aliphatic heterocycles. The largest absolute Gasteiger partial charge is 0.424 e. The summed E-state index contributed by atoms with van der Waals surface area (Å²) in [7, 11) is 0. The molecule has 3 rings (SSSR count). The molecule has 0 radical (unpaired) electrons. The first kappa shape index (κ1) is 26.0. The molecular weight excluding hydrogens is 460 g/mol. The van der Waals surface area contributed by atoms with Crippen LogP contribution in [-0.2, 0) is 9.59 Å². The second-order valence-corrected chi connectivity index (χ2v) is 8.32. The SMILES string of the molecule is CC(C)[C@H](C)C(=O)Oc1ccccc1N=Nc1ccc(NC(=O)CNC(=O)c2ccccc2)nc1N. The lowest BCUT2D eigenvalue weighted by atomic mass is 9.99. The molecule has 10 heteroatoms. The van der Waals surface area contributed by atoms with E-state index < -0.39 is 5.91 Å². The molecule has 36 heavy (non-hydrogen) atoms. The molecule has 0 aliphatic rings. The van der Waals surface area contributed by atoms with Crippen LogP contribution in [0.15, 0.2) is 77.0 Å². The number of amides is 2. The summed E-state index contributed by atoms with van der Waals surface area (Å²) in [5.74, 6) is -0.804. The van der Waals surface area contributed by atoms with Gasteiger partial charge in [-0.3, -0.25) is 14.4 Å². The van der Waals surface area contributed by atoms with Gasteiger partial charge < -0.3 is 21.1 Å². The Kier molecular flexibility index (Phi) is 8.82. The fourth-order valence-electron chi connectivity index (χ4n) is 2.87. The van der Waals surface area contributed by atoms with Gasteiger partial charge in [0.15, 0.2) is 11.6 Å². The third kappa shape index (κ3) is 7.20. The molecule has 0 saturated carbocycles. The number of aromatic nitrogens is 1. The van der Waals surface area contributed by atoms with Crippen molar-refractivity contribution in [1.29, 1.82) is 0 Å². The number of hydrogen-bond acceptors (Lipinski definition) is 8. The van der Waals surface area contributed by atoms with E-state index >= 15 is 0 Å². The first-order valence-electron chi connectivity index (χ1n) is 11.4. The lowest BCUT2D eigenvalue weighted by Crippen LogP contribution is -2.33. The van der Waals surface area contributed by atoms with E-state index in [1.54, 1.807) is 67.6 Å². The number of ether oxygens (including phenoxy) is 1. The van der Waals surface area contributed by atoms with Crippen molar-refractivity contribution in [3.05, 3.63) is 72.3 Å². The Labute approximate surface area is 209 Å². The highest BCUT2D eigenvalue weighted by molar-refractivity contribution is 5.99. The number of azo groups is 1. The van der Waals surface area contributed by atoms with E-state index in [2.05, 4.69) is 25.8 Å². The molecule has 1 atom stereocenters. The van der Waals surface area contributed by atoms with Crippen molar-refractivity contribution in [3.8, 4) is 5.75 Å². The minimum atomic E-state index is -0.466. The smallest absolute Gasteiger partial charge is 0.314 e. The lowest BCUT2D eigenvalue weighted by molar-refractivity contribution is -0.139. The zero-order chi connectivity index (χ0) is 26.1. The number of benzene rings is 2. The normalized spacial score (nSPS) is 11.8. The summed E-state index contributed by atoms with van der Waals surface area (Å²) >= 11 is 0. The Morgan fingerprint density at radius 1 is 0.917 bits per heavy atom. The summed E-state index contributed by atoms with van der Waals surface area (Å²) in [5, 5.41) is 13.4. The number of anilines is 2. The Balaban J connectivity index is 1.61. The molecule has 0 aliphatic carbocycles. The van der Waals surface area contributed by atoms with E-state index in [4.69, 9.17) is 10.5 Å². The number of hydrogen-bond donors (Lipinski definition) is 3. The van der Waals surface area contributed by atoms with Crippen LogP contribution < -0.4 is 21.1 Å². The minimum absolute atomic E-state index is 0.0350. The van der Waals surface area contributed by atoms with Crippen molar-refractivity contribution in [1.82, 2.24) is 10.3 Å². The monoisotopic (exact) mass is 488 g/mol. The average Bonchev–Trinajstić information content (AvgIpc) is 2.87. The maximum Gasteiger partial charge on any atom is 0.314 e. The fourth-order valence-corrected chi connectivity index (χ4v) is 2.87. The van der Waals surface area contributed by atoms with Gasteiger partial charge in [-0.2, -0.15) is 0 Å². The van der Waals surface area contributed by atoms with Crippen LogP contribution >= 0.6 is 0 Å². The number of esters is 1. The second kappa shape index (κ2) is 12.2. The summed E-state index contributed by atoms with van der Waals surface area (Å²) in [6, 6.07) is 18.4. The van der Waals surface area contributed by atoms with Gasteiger partial charge in [-0.1, -0.05) is 51.1 Å². The first-order chi connectivity index (χ1) is 17.2. The lowest BCUT2D eigenvalue weighted by Gasteiger charge is -2.14. The number of nitrogens with two attached hydrogens (primary N) is 1. The average molecular weight is 489 g/mol. The van der Waals surface area contributed by atoms with Crippen molar-refractivity contribution in [3.63, 3.8) is 0 Å². The van der Waals surface area contributed by atoms with Crippen LogP contribution in [0.25, 0.3) is 0 Å². The quantitative estimate of drug-likeness (QED) is 0.227. The van der Waals surface area contributed by atoms with Gasteiger partial charge in [-0.05, 0) is 42.3 Å². The molecule has 4 N–H and O–H groups in total. The highest BCUT2D eigenvalue weighted by atomic mass is 16.5. The van der Waals surface area contributed by atoms with Gasteiger partial charge in [0.05, 0.1) is 12.5 Å².